The van der Waals surface area contributed by atoms with Crippen molar-refractivity contribution in [2.24, 2.45) is 0 Å². The number of amides is 2. The number of hydrogen-bond donors (Lipinski definition) is 3. The molecule has 7 nitrogen and oxygen atoms in total. The number of carbonyl (C=O) groups excluding carboxylic acids is 2. The van der Waals surface area contributed by atoms with Gasteiger partial charge < -0.3 is 10.4 Å². The Morgan fingerprint density at radius 2 is 1.93 bits per heavy atom. The van der Waals surface area contributed by atoms with Crippen LogP contribution in [-0.2, 0) is 14.4 Å². The number of fused-ring (bicyclic) bond motifs is 1. The summed E-state index contributed by atoms with van der Waals surface area (Å²) in [7, 11) is 0. The van der Waals surface area contributed by atoms with Crippen molar-refractivity contribution in [2.75, 3.05) is 5.75 Å². The summed E-state index contributed by atoms with van der Waals surface area (Å²) in [5, 5.41) is 15.0. The van der Waals surface area contributed by atoms with Crippen LogP contribution in [0.5, 0.6) is 0 Å². The molecule has 8 heteroatoms. The average Bonchev–Trinajstić information content (AvgIpc) is 2.64. The number of hydrogen-bond acceptors (Lipinski definition) is 5. The summed E-state index contributed by atoms with van der Waals surface area (Å²) >= 11 is 1.47. The van der Waals surface area contributed by atoms with E-state index >= 15 is 0 Å². The molecular formula is C19H23N3O4S. The van der Waals surface area contributed by atoms with Gasteiger partial charge in [0.2, 0.25) is 5.91 Å². The molecule has 0 aliphatic carbocycles. The zero-order chi connectivity index (χ0) is 19.7. The standard InChI is InChI=1S/C19H23N3O4S/c1-10(2)20-13(12-7-5-4-6-8-12)16(23)21-14-17(24)22-15(19(25)26)11(3)9-27-18(14)22/h4-8,10,13-14,18,20H,9H2,1-3H3,(H,21,23)(H,25,26)/t13-,14-,18-/m1/s1. The summed E-state index contributed by atoms with van der Waals surface area (Å²) in [6, 6.07) is 8.08. The van der Waals surface area contributed by atoms with Gasteiger partial charge in [0, 0.05) is 11.8 Å². The summed E-state index contributed by atoms with van der Waals surface area (Å²) in [6.45, 7) is 5.61. The molecule has 0 saturated carbocycles. The van der Waals surface area contributed by atoms with Gasteiger partial charge in [-0.2, -0.15) is 0 Å². The zero-order valence-corrected chi connectivity index (χ0v) is 16.2. The van der Waals surface area contributed by atoms with E-state index in [1.165, 1.54) is 16.7 Å². The number of β-lactam (4-membered cyclic amide) rings is 1. The van der Waals surface area contributed by atoms with E-state index in [4.69, 9.17) is 0 Å². The lowest BCUT2D eigenvalue weighted by atomic mass is 10.0. The summed E-state index contributed by atoms with van der Waals surface area (Å²) in [6.07, 6.45) is 0. The van der Waals surface area contributed by atoms with Crippen molar-refractivity contribution in [1.82, 2.24) is 15.5 Å². The minimum absolute atomic E-state index is 0.0363. The summed E-state index contributed by atoms with van der Waals surface area (Å²) < 4.78 is 0. The van der Waals surface area contributed by atoms with E-state index in [-0.39, 0.29) is 28.9 Å². The first-order valence-corrected chi connectivity index (χ1v) is 9.85. The second kappa shape index (κ2) is 7.74. The number of rotatable bonds is 6. The molecule has 27 heavy (non-hydrogen) atoms. The Morgan fingerprint density at radius 3 is 2.52 bits per heavy atom. The Kier molecular flexibility index (Phi) is 5.57. The molecule has 1 aromatic rings. The quantitative estimate of drug-likeness (QED) is 0.638. The van der Waals surface area contributed by atoms with Crippen LogP contribution < -0.4 is 10.6 Å². The van der Waals surface area contributed by atoms with Crippen LogP contribution in [0.25, 0.3) is 0 Å². The van der Waals surface area contributed by atoms with Crippen LogP contribution in [0.4, 0.5) is 0 Å². The summed E-state index contributed by atoms with van der Waals surface area (Å²) in [5.41, 5.74) is 1.50. The van der Waals surface area contributed by atoms with E-state index in [0.29, 0.717) is 11.3 Å². The van der Waals surface area contributed by atoms with Gasteiger partial charge in [-0.25, -0.2) is 4.79 Å². The molecule has 2 aliphatic rings. The maximum Gasteiger partial charge on any atom is 0.352 e. The third-order valence-electron chi connectivity index (χ3n) is 4.55. The van der Waals surface area contributed by atoms with Crippen molar-refractivity contribution in [1.29, 1.82) is 0 Å². The van der Waals surface area contributed by atoms with Gasteiger partial charge in [-0.05, 0) is 31.9 Å². The predicted octanol–water partition coefficient (Wildman–Crippen LogP) is 1.48. The molecule has 3 atom stereocenters. The Labute approximate surface area is 162 Å². The lowest BCUT2D eigenvalue weighted by Gasteiger charge is -2.49. The van der Waals surface area contributed by atoms with Crippen molar-refractivity contribution in [3.8, 4) is 0 Å². The lowest BCUT2D eigenvalue weighted by molar-refractivity contribution is -0.151. The Bertz CT molecular complexity index is 793. The number of nitrogens with zero attached hydrogens (tertiary/aromatic N) is 1. The second-order valence-corrected chi connectivity index (χ2v) is 8.10. The molecule has 144 valence electrons. The molecule has 2 heterocycles. The Hall–Kier alpha value is -2.32. The third-order valence-corrected chi connectivity index (χ3v) is 5.98. The third kappa shape index (κ3) is 3.72. The van der Waals surface area contributed by atoms with E-state index in [0.717, 1.165) is 5.56 Å². The van der Waals surface area contributed by atoms with Gasteiger partial charge in [0.15, 0.2) is 0 Å². The number of thioether (sulfide) groups is 1. The number of carboxylic acids is 1. The van der Waals surface area contributed by atoms with Gasteiger partial charge in [0.05, 0.1) is 0 Å². The van der Waals surface area contributed by atoms with Crippen LogP contribution in [0.3, 0.4) is 0 Å². The van der Waals surface area contributed by atoms with Gasteiger partial charge in [0.25, 0.3) is 5.91 Å². The number of carbonyl (C=O) groups is 3. The summed E-state index contributed by atoms with van der Waals surface area (Å²) in [5.74, 6) is -1.26. The fourth-order valence-electron chi connectivity index (χ4n) is 3.31. The molecule has 0 radical (unpaired) electrons. The summed E-state index contributed by atoms with van der Waals surface area (Å²) in [4.78, 5) is 38.2. The minimum atomic E-state index is -1.11. The van der Waals surface area contributed by atoms with E-state index in [9.17, 15) is 19.5 Å². The SMILES string of the molecule is CC1=C(C(=O)O)N2C(=O)[C@@H](NC(=O)[C@H](NC(C)C)c3ccccc3)[C@H]2SC1. The smallest absolute Gasteiger partial charge is 0.352 e. The van der Waals surface area contributed by atoms with Crippen LogP contribution in [0.1, 0.15) is 32.4 Å². The monoisotopic (exact) mass is 389 g/mol. The van der Waals surface area contributed by atoms with Crippen LogP contribution in [-0.4, -0.2) is 51.0 Å². The topological polar surface area (TPSA) is 98.7 Å². The Morgan fingerprint density at radius 1 is 1.26 bits per heavy atom. The molecule has 3 rings (SSSR count). The van der Waals surface area contributed by atoms with Crippen molar-refractivity contribution < 1.29 is 19.5 Å². The second-order valence-electron chi connectivity index (χ2n) is 7.00. The maximum absolute atomic E-state index is 12.9. The first-order valence-electron chi connectivity index (χ1n) is 8.80. The first-order chi connectivity index (χ1) is 12.8. The Balaban J connectivity index is 1.76. The molecule has 0 aromatic heterocycles. The molecule has 2 amide bonds. The van der Waals surface area contributed by atoms with Crippen LogP contribution in [0.2, 0.25) is 0 Å². The molecular weight excluding hydrogens is 366 g/mol. The van der Waals surface area contributed by atoms with Crippen molar-refractivity contribution >= 4 is 29.5 Å². The minimum Gasteiger partial charge on any atom is -0.477 e. The van der Waals surface area contributed by atoms with Crippen molar-refractivity contribution in [3.05, 3.63) is 47.2 Å². The van der Waals surface area contributed by atoms with E-state index < -0.39 is 18.1 Å². The van der Waals surface area contributed by atoms with Gasteiger partial charge in [0.1, 0.15) is 23.2 Å². The fourth-order valence-corrected chi connectivity index (χ4v) is 4.61. The van der Waals surface area contributed by atoms with E-state index in [1.54, 1.807) is 6.92 Å². The lowest BCUT2D eigenvalue weighted by Crippen LogP contribution is -2.71. The van der Waals surface area contributed by atoms with Gasteiger partial charge >= 0.3 is 5.97 Å². The van der Waals surface area contributed by atoms with Gasteiger partial charge in [-0.15, -0.1) is 11.8 Å². The zero-order valence-electron chi connectivity index (χ0n) is 15.4. The molecule has 3 N–H and O–H groups in total. The van der Waals surface area contributed by atoms with E-state index in [2.05, 4.69) is 10.6 Å². The highest BCUT2D eigenvalue weighted by Gasteiger charge is 2.54. The van der Waals surface area contributed by atoms with Crippen LogP contribution in [0, 0.1) is 0 Å². The predicted molar refractivity (Wildman–Crippen MR) is 103 cm³/mol. The van der Waals surface area contributed by atoms with Crippen LogP contribution in [0.15, 0.2) is 41.6 Å². The van der Waals surface area contributed by atoms with Gasteiger partial charge in [-0.1, -0.05) is 30.3 Å². The maximum atomic E-state index is 12.9. The molecule has 0 spiro atoms. The largest absolute Gasteiger partial charge is 0.477 e. The molecule has 1 fully saturated rings. The molecule has 2 aliphatic heterocycles. The van der Waals surface area contributed by atoms with Crippen molar-refractivity contribution in [3.63, 3.8) is 0 Å². The highest BCUT2D eigenvalue weighted by molar-refractivity contribution is 8.00. The van der Waals surface area contributed by atoms with Crippen LogP contribution >= 0.6 is 11.8 Å². The van der Waals surface area contributed by atoms with Crippen molar-refractivity contribution in [2.45, 2.75) is 44.3 Å². The van der Waals surface area contributed by atoms with E-state index in [1.807, 2.05) is 44.2 Å². The molecule has 1 saturated heterocycles. The fraction of sp³-hybridized carbons (Fsp3) is 0.421. The molecule has 0 unspecified atom stereocenters. The number of carboxylic acid groups (broad SMARTS) is 1. The average molecular weight is 389 g/mol. The number of nitrogens with one attached hydrogen (secondary N) is 2. The highest BCUT2D eigenvalue weighted by Crippen LogP contribution is 2.40. The normalized spacial score (nSPS) is 23.0. The number of aliphatic carboxylic acids is 1. The first kappa shape index (κ1) is 19.4. The highest BCUT2D eigenvalue weighted by atomic mass is 32.2. The molecule has 1 aromatic carbocycles. The van der Waals surface area contributed by atoms with Gasteiger partial charge in [-0.3, -0.25) is 19.8 Å². The number of benzene rings is 1. The molecule has 0 bridgehead atoms.